The minimum Gasteiger partial charge on any atom is -0.326 e. The second-order valence-corrected chi connectivity index (χ2v) is 0.848. The van der Waals surface area contributed by atoms with Gasteiger partial charge < -0.3 is 9.79 Å². The molecule has 0 spiro atoms. The summed E-state index contributed by atoms with van der Waals surface area (Å²) in [6.07, 6.45) is 0. The standard InChI is InChI=1S/CHS.H3O3P.H3P/c1-2;1-4(2)3;/h1H;4H,(H2,1,2,3);1H3. The first-order valence-electron chi connectivity index (χ1n) is 0.887. The van der Waals surface area contributed by atoms with Crippen molar-refractivity contribution in [3.8, 4) is 0 Å². The largest absolute Gasteiger partial charge is 0.326 e. The summed E-state index contributed by atoms with van der Waals surface area (Å²) >= 11 is 3.58. The van der Waals surface area contributed by atoms with Crippen LogP contribution in [0.2, 0.25) is 0 Å². The number of rotatable bonds is 0. The predicted octanol–water partition coefficient (Wildman–Crippen LogP) is -0.0883. The highest BCUT2D eigenvalue weighted by Crippen LogP contribution is 1.98. The molecule has 0 aliphatic carbocycles. The normalized spacial score (nSPS) is 5.57. The Hall–Kier alpha value is 0.670. The lowest BCUT2D eigenvalue weighted by molar-refractivity contribution is 0.405. The average Bonchev–Trinajstić information content (AvgIpc) is 1.41. The van der Waals surface area contributed by atoms with Crippen molar-refractivity contribution in [3.63, 3.8) is 0 Å². The van der Waals surface area contributed by atoms with E-state index in [1.165, 1.54) is 0 Å². The maximum absolute atomic E-state index is 8.74. The molecular formula is CH7O3P2S. The highest BCUT2D eigenvalue weighted by molar-refractivity contribution is 7.77. The van der Waals surface area contributed by atoms with E-state index in [1.54, 1.807) is 0 Å². The highest BCUT2D eigenvalue weighted by Gasteiger charge is 1.61. The van der Waals surface area contributed by atoms with Crippen LogP contribution in [0.1, 0.15) is 0 Å². The first kappa shape index (κ1) is 15.6. The summed E-state index contributed by atoms with van der Waals surface area (Å²) in [6, 6.07) is 0. The zero-order valence-corrected chi connectivity index (χ0v) is 6.73. The lowest BCUT2D eigenvalue weighted by Crippen LogP contribution is -1.38. The molecule has 45 valence electrons. The van der Waals surface area contributed by atoms with Crippen LogP contribution in [0.3, 0.4) is 0 Å². The molecule has 2 N–H and O–H groups in total. The molecule has 0 rings (SSSR count). The van der Waals surface area contributed by atoms with Crippen molar-refractivity contribution in [2.75, 3.05) is 0 Å². The van der Waals surface area contributed by atoms with Gasteiger partial charge in [-0.15, -0.1) is 0 Å². The Kier molecular flexibility index (Phi) is 35.6. The number of hydrogen-bond donors (Lipinski definition) is 2. The fourth-order valence-electron chi connectivity index (χ4n) is 0. The highest BCUT2D eigenvalue weighted by atomic mass is 32.1. The molecule has 0 saturated carbocycles. The van der Waals surface area contributed by atoms with Crippen LogP contribution in [0.25, 0.3) is 0 Å². The van der Waals surface area contributed by atoms with Gasteiger partial charge in [-0.05, 0) is 0 Å². The Balaban J connectivity index is -0.0000000480. The maximum atomic E-state index is 8.74. The molecule has 0 amide bonds. The molecule has 0 bridgehead atoms. The molecular weight excluding hydrogens is 154 g/mol. The van der Waals surface area contributed by atoms with Crippen LogP contribution in [-0.2, 0) is 4.57 Å². The third kappa shape index (κ3) is 324. The molecule has 0 aliphatic rings. The maximum Gasteiger partial charge on any atom is 0.314 e. The fraction of sp³-hybridized carbons (Fsp3) is 0. The van der Waals surface area contributed by atoms with Crippen LogP contribution >= 0.6 is 30.4 Å². The van der Waals surface area contributed by atoms with Crippen molar-refractivity contribution in [1.82, 2.24) is 0 Å². The first-order chi connectivity index (χ1) is 2.73. The Labute approximate surface area is 51.3 Å². The predicted molar refractivity (Wildman–Crippen MR) is 38.2 cm³/mol. The summed E-state index contributed by atoms with van der Waals surface area (Å²) in [5.74, 6) is 4.08. The quantitative estimate of drug-likeness (QED) is 0.385. The van der Waals surface area contributed by atoms with Crippen LogP contribution in [-0.4, -0.2) is 15.7 Å². The Morgan fingerprint density at radius 2 is 1.43 bits per heavy atom. The van der Waals surface area contributed by atoms with Gasteiger partial charge in [0.05, 0.1) is 0 Å². The van der Waals surface area contributed by atoms with Crippen molar-refractivity contribution >= 4 is 36.2 Å². The first-order valence-corrected chi connectivity index (χ1v) is 2.66. The minimum absolute atomic E-state index is 0. The Bertz CT molecular complexity index is 44.2. The SMILES string of the molecule is O=[PH](O)O.P.[CH]=S. The van der Waals surface area contributed by atoms with Gasteiger partial charge in [0, 0.05) is 5.87 Å². The van der Waals surface area contributed by atoms with Gasteiger partial charge in [-0.1, -0.05) is 12.2 Å². The van der Waals surface area contributed by atoms with Crippen molar-refractivity contribution < 1.29 is 14.4 Å². The molecule has 0 heterocycles. The zero-order chi connectivity index (χ0) is 5.58. The second kappa shape index (κ2) is 15.9. The molecule has 0 aliphatic heterocycles. The van der Waals surface area contributed by atoms with Gasteiger partial charge in [-0.2, -0.15) is 9.90 Å². The van der Waals surface area contributed by atoms with E-state index in [9.17, 15) is 0 Å². The lowest BCUT2D eigenvalue weighted by Gasteiger charge is -1.61. The summed E-state index contributed by atoms with van der Waals surface area (Å²) in [5.41, 5.74) is 0. The van der Waals surface area contributed by atoms with E-state index in [2.05, 4.69) is 18.1 Å². The molecule has 6 heteroatoms. The fourth-order valence-corrected chi connectivity index (χ4v) is 0. The topological polar surface area (TPSA) is 57.5 Å². The van der Waals surface area contributed by atoms with Crippen molar-refractivity contribution in [2.24, 2.45) is 0 Å². The summed E-state index contributed by atoms with van der Waals surface area (Å²) in [6.45, 7) is 0. The smallest absolute Gasteiger partial charge is 0.314 e. The minimum atomic E-state index is -3.13. The third-order valence-corrected chi connectivity index (χ3v) is 0. The summed E-state index contributed by atoms with van der Waals surface area (Å²) in [7, 11) is -3.13. The summed E-state index contributed by atoms with van der Waals surface area (Å²) in [5, 5.41) is 0. The third-order valence-electron chi connectivity index (χ3n) is 0. The van der Waals surface area contributed by atoms with Gasteiger partial charge in [0.25, 0.3) is 0 Å². The van der Waals surface area contributed by atoms with Crippen LogP contribution in [0, 0.1) is 0 Å². The van der Waals surface area contributed by atoms with Gasteiger partial charge >= 0.3 is 8.25 Å². The van der Waals surface area contributed by atoms with E-state index in [4.69, 9.17) is 14.4 Å². The van der Waals surface area contributed by atoms with Gasteiger partial charge in [-0.3, -0.25) is 4.57 Å². The molecule has 0 aromatic heterocycles. The molecule has 0 aromatic carbocycles. The molecule has 7 heavy (non-hydrogen) atoms. The number of thiocarbonyl (C=S) groups is 1. The summed E-state index contributed by atoms with van der Waals surface area (Å²) < 4.78 is 8.74. The van der Waals surface area contributed by atoms with Crippen LogP contribution in [0.4, 0.5) is 0 Å². The molecule has 3 nitrogen and oxygen atoms in total. The monoisotopic (exact) mass is 161 g/mol. The van der Waals surface area contributed by atoms with Gasteiger partial charge in [0.15, 0.2) is 0 Å². The molecule has 0 saturated heterocycles. The van der Waals surface area contributed by atoms with Crippen LogP contribution in [0.15, 0.2) is 0 Å². The summed E-state index contributed by atoms with van der Waals surface area (Å²) in [4.78, 5) is 14.3. The van der Waals surface area contributed by atoms with Crippen LogP contribution < -0.4 is 0 Å². The second-order valence-electron chi connectivity index (χ2n) is 0.283. The average molecular weight is 161 g/mol. The Morgan fingerprint density at radius 1 is 1.43 bits per heavy atom. The van der Waals surface area contributed by atoms with E-state index < -0.39 is 8.25 Å². The van der Waals surface area contributed by atoms with Crippen molar-refractivity contribution in [3.05, 3.63) is 0 Å². The van der Waals surface area contributed by atoms with Gasteiger partial charge in [-0.25, -0.2) is 0 Å². The van der Waals surface area contributed by atoms with Gasteiger partial charge in [0.1, 0.15) is 0 Å². The zero-order valence-electron chi connectivity index (χ0n) is 3.50. The molecule has 0 fully saturated rings. The van der Waals surface area contributed by atoms with E-state index >= 15 is 0 Å². The van der Waals surface area contributed by atoms with E-state index in [1.807, 2.05) is 0 Å². The molecule has 1 radical (unpaired) electrons. The lowest BCUT2D eigenvalue weighted by atomic mass is 12.0. The van der Waals surface area contributed by atoms with E-state index in [0.29, 0.717) is 0 Å². The number of hydrogen-bond acceptors (Lipinski definition) is 2. The van der Waals surface area contributed by atoms with E-state index in [0.717, 1.165) is 0 Å². The van der Waals surface area contributed by atoms with Gasteiger partial charge in [0.2, 0.25) is 0 Å². The molecule has 1 unspecified atom stereocenters. The van der Waals surface area contributed by atoms with Crippen LogP contribution in [0.5, 0.6) is 0 Å². The Morgan fingerprint density at radius 3 is 1.43 bits per heavy atom. The molecule has 0 aromatic rings. The molecule has 1 atom stereocenters. The van der Waals surface area contributed by atoms with E-state index in [-0.39, 0.29) is 9.90 Å². The van der Waals surface area contributed by atoms with Crippen molar-refractivity contribution in [1.29, 1.82) is 0 Å². The van der Waals surface area contributed by atoms with Crippen molar-refractivity contribution in [2.45, 2.75) is 0 Å².